The molecule has 4 heteroatoms. The molecule has 1 aromatic rings. The fourth-order valence-electron chi connectivity index (χ4n) is 0.751. The van der Waals surface area contributed by atoms with Crippen molar-refractivity contribution < 1.29 is 4.52 Å². The summed E-state index contributed by atoms with van der Waals surface area (Å²) in [6.45, 7) is 8.93. The zero-order valence-electron chi connectivity index (χ0n) is 8.01. The van der Waals surface area contributed by atoms with Crippen LogP contribution < -0.4 is 5.32 Å². The number of nitrogens with one attached hydrogen (secondary N) is 1. The molecule has 0 aliphatic heterocycles. The van der Waals surface area contributed by atoms with Crippen molar-refractivity contribution in [2.45, 2.75) is 33.1 Å². The van der Waals surface area contributed by atoms with Crippen LogP contribution in [0.4, 0.5) is 6.01 Å². The average Bonchev–Trinajstić information content (AvgIpc) is 2.35. The lowest BCUT2D eigenvalue weighted by Gasteiger charge is -2.10. The Balaban J connectivity index is 2.77. The molecule has 0 radical (unpaired) electrons. The van der Waals surface area contributed by atoms with Gasteiger partial charge in [0, 0.05) is 12.0 Å². The van der Waals surface area contributed by atoms with E-state index >= 15 is 0 Å². The molecule has 1 rings (SSSR count). The molecular formula is C8H15N3O. The molecule has 0 aliphatic rings. The zero-order chi connectivity index (χ0) is 9.19. The van der Waals surface area contributed by atoms with Crippen molar-refractivity contribution in [1.29, 1.82) is 0 Å². The van der Waals surface area contributed by atoms with E-state index in [9.17, 15) is 0 Å². The molecule has 68 valence electrons. The highest BCUT2D eigenvalue weighted by atomic mass is 16.5. The molecule has 1 heterocycles. The van der Waals surface area contributed by atoms with Crippen molar-refractivity contribution in [3.63, 3.8) is 0 Å². The maximum atomic E-state index is 4.96. The van der Waals surface area contributed by atoms with Crippen molar-refractivity contribution in [2.24, 2.45) is 0 Å². The summed E-state index contributed by atoms with van der Waals surface area (Å²) in [4.78, 5) is 4.18. The summed E-state index contributed by atoms with van der Waals surface area (Å²) >= 11 is 0. The van der Waals surface area contributed by atoms with Gasteiger partial charge in [0.1, 0.15) is 0 Å². The van der Waals surface area contributed by atoms with Gasteiger partial charge in [-0.05, 0) is 6.92 Å². The first-order valence-electron chi connectivity index (χ1n) is 4.12. The third-order valence-electron chi connectivity index (χ3n) is 1.42. The van der Waals surface area contributed by atoms with E-state index in [0.717, 1.165) is 12.4 Å². The summed E-state index contributed by atoms with van der Waals surface area (Å²) in [6, 6.07) is 0.502. The minimum absolute atomic E-state index is 0.0445. The van der Waals surface area contributed by atoms with Crippen LogP contribution in [0.15, 0.2) is 4.52 Å². The predicted molar refractivity (Wildman–Crippen MR) is 47.2 cm³/mol. The van der Waals surface area contributed by atoms with E-state index in [0.29, 0.717) is 6.01 Å². The van der Waals surface area contributed by atoms with Gasteiger partial charge in [-0.1, -0.05) is 25.9 Å². The van der Waals surface area contributed by atoms with Gasteiger partial charge >= 0.3 is 6.01 Å². The first-order chi connectivity index (χ1) is 5.54. The Bertz CT molecular complexity index is 249. The fraction of sp³-hybridized carbons (Fsp3) is 0.750. The number of anilines is 1. The van der Waals surface area contributed by atoms with E-state index in [1.807, 2.05) is 27.7 Å². The molecule has 1 N–H and O–H groups in total. The van der Waals surface area contributed by atoms with Crippen molar-refractivity contribution in [3.05, 3.63) is 5.82 Å². The van der Waals surface area contributed by atoms with Gasteiger partial charge in [0.2, 0.25) is 0 Å². The van der Waals surface area contributed by atoms with Crippen LogP contribution in [0.5, 0.6) is 0 Å². The van der Waals surface area contributed by atoms with E-state index in [4.69, 9.17) is 4.52 Å². The van der Waals surface area contributed by atoms with Gasteiger partial charge in [0.15, 0.2) is 5.82 Å². The molecule has 0 saturated heterocycles. The number of hydrogen-bond donors (Lipinski definition) is 1. The standard InChI is InChI=1S/C8H15N3O/c1-5-9-7-10-6(11-12-7)8(2,3)4/h5H2,1-4H3,(H,9,10,11). The van der Waals surface area contributed by atoms with Gasteiger partial charge < -0.3 is 9.84 Å². The van der Waals surface area contributed by atoms with Crippen LogP contribution in [-0.2, 0) is 5.41 Å². The van der Waals surface area contributed by atoms with Gasteiger partial charge in [-0.2, -0.15) is 4.98 Å². The van der Waals surface area contributed by atoms with Gasteiger partial charge in [-0.3, -0.25) is 0 Å². The molecule has 0 aromatic carbocycles. The van der Waals surface area contributed by atoms with E-state index < -0.39 is 0 Å². The SMILES string of the molecule is CCNc1nc(C(C)(C)C)no1. The Hall–Kier alpha value is -1.06. The lowest BCUT2D eigenvalue weighted by molar-refractivity contribution is 0.403. The lowest BCUT2D eigenvalue weighted by Crippen LogP contribution is -2.13. The smallest absolute Gasteiger partial charge is 0.321 e. The molecule has 0 amide bonds. The van der Waals surface area contributed by atoms with E-state index in [1.165, 1.54) is 0 Å². The van der Waals surface area contributed by atoms with Gasteiger partial charge in [0.05, 0.1) is 0 Å². The van der Waals surface area contributed by atoms with E-state index in [-0.39, 0.29) is 5.41 Å². The Morgan fingerprint density at radius 2 is 2.08 bits per heavy atom. The number of aromatic nitrogens is 2. The van der Waals surface area contributed by atoms with Crippen LogP contribution >= 0.6 is 0 Å². The molecular weight excluding hydrogens is 154 g/mol. The third-order valence-corrected chi connectivity index (χ3v) is 1.42. The number of nitrogens with zero attached hydrogens (tertiary/aromatic N) is 2. The highest BCUT2D eigenvalue weighted by molar-refractivity contribution is 5.19. The average molecular weight is 169 g/mol. The minimum atomic E-state index is -0.0445. The Kier molecular flexibility index (Phi) is 2.35. The van der Waals surface area contributed by atoms with E-state index in [2.05, 4.69) is 15.5 Å². The molecule has 0 aliphatic carbocycles. The highest BCUT2D eigenvalue weighted by Crippen LogP contribution is 2.19. The third kappa shape index (κ3) is 1.96. The molecule has 4 nitrogen and oxygen atoms in total. The molecule has 0 saturated carbocycles. The lowest BCUT2D eigenvalue weighted by atomic mass is 9.96. The van der Waals surface area contributed by atoms with Crippen molar-refractivity contribution in [1.82, 2.24) is 10.1 Å². The summed E-state index contributed by atoms with van der Waals surface area (Å²) in [5.74, 6) is 0.735. The molecule has 1 aromatic heterocycles. The normalized spacial score (nSPS) is 11.7. The molecule has 0 atom stereocenters. The van der Waals surface area contributed by atoms with Crippen LogP contribution in [0.3, 0.4) is 0 Å². The predicted octanol–water partition coefficient (Wildman–Crippen LogP) is 1.80. The molecule has 0 spiro atoms. The summed E-state index contributed by atoms with van der Waals surface area (Å²) in [5, 5.41) is 6.82. The maximum absolute atomic E-state index is 4.96. The summed E-state index contributed by atoms with van der Waals surface area (Å²) < 4.78 is 4.96. The largest absolute Gasteiger partial charge is 0.338 e. The molecule has 0 fully saturated rings. The van der Waals surface area contributed by atoms with Gasteiger partial charge in [-0.15, -0.1) is 0 Å². The van der Waals surface area contributed by atoms with Crippen LogP contribution in [0.2, 0.25) is 0 Å². The highest BCUT2D eigenvalue weighted by Gasteiger charge is 2.20. The number of rotatable bonds is 2. The second kappa shape index (κ2) is 3.13. The second-order valence-corrected chi connectivity index (χ2v) is 3.70. The van der Waals surface area contributed by atoms with Crippen LogP contribution in [0.25, 0.3) is 0 Å². The molecule has 0 unspecified atom stereocenters. The van der Waals surface area contributed by atoms with Gasteiger partial charge in [-0.25, -0.2) is 0 Å². The topological polar surface area (TPSA) is 51.0 Å². The summed E-state index contributed by atoms with van der Waals surface area (Å²) in [7, 11) is 0. The quantitative estimate of drug-likeness (QED) is 0.733. The summed E-state index contributed by atoms with van der Waals surface area (Å²) in [6.07, 6.45) is 0. The fourth-order valence-corrected chi connectivity index (χ4v) is 0.751. The van der Waals surface area contributed by atoms with E-state index in [1.54, 1.807) is 0 Å². The monoisotopic (exact) mass is 169 g/mol. The number of hydrogen-bond acceptors (Lipinski definition) is 4. The zero-order valence-corrected chi connectivity index (χ0v) is 8.01. The second-order valence-electron chi connectivity index (χ2n) is 3.70. The van der Waals surface area contributed by atoms with Crippen LogP contribution in [0, 0.1) is 0 Å². The van der Waals surface area contributed by atoms with Crippen molar-refractivity contribution in [3.8, 4) is 0 Å². The van der Waals surface area contributed by atoms with Crippen molar-refractivity contribution >= 4 is 6.01 Å². The molecule has 12 heavy (non-hydrogen) atoms. The Labute approximate surface area is 72.4 Å². The van der Waals surface area contributed by atoms with Crippen LogP contribution in [0.1, 0.15) is 33.5 Å². The maximum Gasteiger partial charge on any atom is 0.321 e. The Morgan fingerprint density at radius 1 is 1.42 bits per heavy atom. The first kappa shape index (κ1) is 9.03. The summed E-state index contributed by atoms with van der Waals surface area (Å²) in [5.41, 5.74) is -0.0445. The Morgan fingerprint density at radius 3 is 2.50 bits per heavy atom. The molecule has 0 bridgehead atoms. The van der Waals surface area contributed by atoms with Crippen molar-refractivity contribution in [2.75, 3.05) is 11.9 Å². The van der Waals surface area contributed by atoms with Crippen LogP contribution in [-0.4, -0.2) is 16.7 Å². The van der Waals surface area contributed by atoms with Gasteiger partial charge in [0.25, 0.3) is 0 Å². The minimum Gasteiger partial charge on any atom is -0.338 e. The first-order valence-corrected chi connectivity index (χ1v) is 4.12.